The van der Waals surface area contributed by atoms with Crippen molar-refractivity contribution in [2.24, 2.45) is 0 Å². The Kier molecular flexibility index (Phi) is 5.98. The molecule has 10 heteroatoms. The molecule has 3 rings (SSSR count). The van der Waals surface area contributed by atoms with E-state index in [1.54, 1.807) is 6.07 Å². The zero-order chi connectivity index (χ0) is 21.6. The van der Waals surface area contributed by atoms with E-state index in [0.717, 1.165) is 12.1 Å². The molecule has 5 nitrogen and oxygen atoms in total. The third-order valence-corrected chi connectivity index (χ3v) is 6.94. The van der Waals surface area contributed by atoms with Gasteiger partial charge in [0.2, 0.25) is 0 Å². The van der Waals surface area contributed by atoms with Crippen LogP contribution in [0, 0.1) is 0 Å². The standard InChI is InChI=1S/C19H12Cl4O5S/c20-11-5-10(6-13(24)7-11)19(29(26,27)28,14-3-1-2-4-16(14)22)15-8-12(21)9-17(25)18(15)23/h1-9,24-25H,(H,26,27,28). The van der Waals surface area contributed by atoms with Gasteiger partial charge in [0, 0.05) is 32.3 Å². The molecule has 1 atom stereocenters. The number of hydrogen-bond donors (Lipinski definition) is 3. The summed E-state index contributed by atoms with van der Waals surface area (Å²) in [5, 5.41) is 19.8. The summed E-state index contributed by atoms with van der Waals surface area (Å²) < 4.78 is 34.0. The Hall–Kier alpha value is -1.67. The Morgan fingerprint density at radius 2 is 1.41 bits per heavy atom. The Bertz CT molecular complexity index is 1190. The van der Waals surface area contributed by atoms with Crippen LogP contribution in [0.1, 0.15) is 16.7 Å². The first-order valence-corrected chi connectivity index (χ1v) is 10.8. The minimum Gasteiger partial charge on any atom is -0.508 e. The number of benzene rings is 3. The molecule has 29 heavy (non-hydrogen) atoms. The molecule has 0 bridgehead atoms. The normalized spacial score (nSPS) is 13.8. The van der Waals surface area contributed by atoms with Gasteiger partial charge in [0.05, 0.1) is 5.02 Å². The molecule has 0 saturated carbocycles. The molecule has 0 saturated heterocycles. The highest BCUT2D eigenvalue weighted by Crippen LogP contribution is 2.51. The Morgan fingerprint density at radius 3 is 2.00 bits per heavy atom. The van der Waals surface area contributed by atoms with Crippen molar-refractivity contribution in [3.05, 3.63) is 91.4 Å². The number of aromatic hydroxyl groups is 2. The van der Waals surface area contributed by atoms with Gasteiger partial charge in [-0.1, -0.05) is 64.6 Å². The highest BCUT2D eigenvalue weighted by atomic mass is 35.5. The molecule has 3 aromatic rings. The molecule has 0 aliphatic heterocycles. The van der Waals surface area contributed by atoms with Gasteiger partial charge in [-0.05, 0) is 35.9 Å². The lowest BCUT2D eigenvalue weighted by Gasteiger charge is -2.34. The fourth-order valence-electron chi connectivity index (χ4n) is 3.24. The van der Waals surface area contributed by atoms with Crippen molar-refractivity contribution in [3.8, 4) is 11.5 Å². The number of hydrogen-bond acceptors (Lipinski definition) is 4. The zero-order valence-electron chi connectivity index (χ0n) is 14.3. The van der Waals surface area contributed by atoms with Crippen molar-refractivity contribution >= 4 is 56.5 Å². The van der Waals surface area contributed by atoms with Crippen molar-refractivity contribution in [3.63, 3.8) is 0 Å². The maximum absolute atomic E-state index is 13.0. The van der Waals surface area contributed by atoms with E-state index in [1.165, 1.54) is 36.4 Å². The molecule has 1 unspecified atom stereocenters. The van der Waals surface area contributed by atoms with Crippen LogP contribution in [0.4, 0.5) is 0 Å². The van der Waals surface area contributed by atoms with E-state index < -0.39 is 20.6 Å². The summed E-state index contributed by atoms with van der Waals surface area (Å²) in [6, 6.07) is 11.6. The maximum Gasteiger partial charge on any atom is 0.283 e. The van der Waals surface area contributed by atoms with Gasteiger partial charge in [-0.15, -0.1) is 0 Å². The SMILES string of the molecule is O=S(=O)(O)C(c1cc(O)cc(Cl)c1)(c1ccccc1Cl)c1cc(Cl)cc(O)c1Cl. The first-order chi connectivity index (χ1) is 13.5. The molecule has 0 fully saturated rings. The minimum absolute atomic E-state index is 0.0116. The van der Waals surface area contributed by atoms with Crippen LogP contribution >= 0.6 is 46.4 Å². The summed E-state index contributed by atoms with van der Waals surface area (Å²) in [5.74, 6) is -0.879. The number of phenolic OH excluding ortho intramolecular Hbond substituents is 2. The van der Waals surface area contributed by atoms with Crippen LogP contribution in [0.2, 0.25) is 20.1 Å². The second-order valence-corrected chi connectivity index (χ2v) is 9.34. The molecule has 0 spiro atoms. The first kappa shape index (κ1) is 22.0. The first-order valence-electron chi connectivity index (χ1n) is 7.89. The molecule has 0 aromatic heterocycles. The summed E-state index contributed by atoms with van der Waals surface area (Å²) >= 11 is 24.7. The molecule has 152 valence electrons. The molecule has 3 N–H and O–H groups in total. The summed E-state index contributed by atoms with van der Waals surface area (Å²) in [6.07, 6.45) is 0. The van der Waals surface area contributed by atoms with Crippen molar-refractivity contribution in [1.82, 2.24) is 0 Å². The maximum atomic E-state index is 13.0. The zero-order valence-corrected chi connectivity index (χ0v) is 18.1. The van der Waals surface area contributed by atoms with E-state index in [2.05, 4.69) is 0 Å². The van der Waals surface area contributed by atoms with Crippen LogP contribution in [0.5, 0.6) is 11.5 Å². The van der Waals surface area contributed by atoms with Gasteiger partial charge < -0.3 is 10.2 Å². The quantitative estimate of drug-likeness (QED) is 0.311. The average molecular weight is 494 g/mol. The fraction of sp³-hybridized carbons (Fsp3) is 0.0526. The van der Waals surface area contributed by atoms with E-state index in [9.17, 15) is 23.2 Å². The highest BCUT2D eigenvalue weighted by Gasteiger charge is 2.51. The van der Waals surface area contributed by atoms with E-state index >= 15 is 0 Å². The van der Waals surface area contributed by atoms with E-state index in [-0.39, 0.29) is 42.5 Å². The van der Waals surface area contributed by atoms with Gasteiger partial charge in [0.15, 0.2) is 4.75 Å². The molecule has 0 aliphatic rings. The highest BCUT2D eigenvalue weighted by molar-refractivity contribution is 7.87. The Labute approximate surface area is 186 Å². The van der Waals surface area contributed by atoms with Gasteiger partial charge in [0.1, 0.15) is 11.5 Å². The van der Waals surface area contributed by atoms with Crippen LogP contribution in [0.15, 0.2) is 54.6 Å². The molecule has 3 aromatic carbocycles. The summed E-state index contributed by atoms with van der Waals surface area (Å²) in [6.45, 7) is 0. The smallest absolute Gasteiger partial charge is 0.283 e. The van der Waals surface area contributed by atoms with Crippen molar-refractivity contribution < 1.29 is 23.2 Å². The Balaban J connectivity index is 2.65. The van der Waals surface area contributed by atoms with E-state index in [0.29, 0.717) is 0 Å². The van der Waals surface area contributed by atoms with Gasteiger partial charge in [-0.25, -0.2) is 0 Å². The monoisotopic (exact) mass is 492 g/mol. The topological polar surface area (TPSA) is 94.8 Å². The summed E-state index contributed by atoms with van der Waals surface area (Å²) in [7, 11) is -5.11. The minimum atomic E-state index is -5.11. The second kappa shape index (κ2) is 7.87. The molecule has 0 amide bonds. The lowest BCUT2D eigenvalue weighted by Crippen LogP contribution is -2.39. The number of halogens is 4. The largest absolute Gasteiger partial charge is 0.508 e. The van der Waals surface area contributed by atoms with Crippen LogP contribution in [-0.2, 0) is 14.9 Å². The van der Waals surface area contributed by atoms with Crippen molar-refractivity contribution in [2.75, 3.05) is 0 Å². The van der Waals surface area contributed by atoms with Crippen molar-refractivity contribution in [2.45, 2.75) is 4.75 Å². The van der Waals surface area contributed by atoms with Crippen LogP contribution in [0.25, 0.3) is 0 Å². The van der Waals surface area contributed by atoms with Gasteiger partial charge in [0.25, 0.3) is 10.1 Å². The molecule has 0 radical (unpaired) electrons. The molecule has 0 heterocycles. The lowest BCUT2D eigenvalue weighted by molar-refractivity contribution is 0.455. The molecular formula is C19H12Cl4O5S. The lowest BCUT2D eigenvalue weighted by atomic mass is 9.83. The van der Waals surface area contributed by atoms with E-state index in [1.807, 2.05) is 0 Å². The summed E-state index contributed by atoms with van der Waals surface area (Å²) in [5.41, 5.74) is -0.530. The van der Waals surface area contributed by atoms with Gasteiger partial charge in [-0.3, -0.25) is 4.55 Å². The van der Waals surface area contributed by atoms with Crippen molar-refractivity contribution in [1.29, 1.82) is 0 Å². The third-order valence-electron chi connectivity index (χ3n) is 4.33. The average Bonchev–Trinajstić information content (AvgIpc) is 2.59. The number of rotatable bonds is 4. The predicted octanol–water partition coefficient (Wildman–Crippen LogP) is 5.89. The van der Waals surface area contributed by atoms with Crippen LogP contribution < -0.4 is 0 Å². The van der Waals surface area contributed by atoms with Crippen LogP contribution in [-0.4, -0.2) is 23.2 Å². The Morgan fingerprint density at radius 1 is 0.793 bits per heavy atom. The second-order valence-electron chi connectivity index (χ2n) is 6.12. The van der Waals surface area contributed by atoms with Gasteiger partial charge in [-0.2, -0.15) is 8.42 Å². The molecule has 0 aliphatic carbocycles. The van der Waals surface area contributed by atoms with Crippen LogP contribution in [0.3, 0.4) is 0 Å². The predicted molar refractivity (Wildman–Crippen MR) is 114 cm³/mol. The molecular weight excluding hydrogens is 482 g/mol. The fourth-order valence-corrected chi connectivity index (χ4v) is 5.63. The third kappa shape index (κ3) is 3.77. The van der Waals surface area contributed by atoms with Gasteiger partial charge >= 0.3 is 0 Å². The van der Waals surface area contributed by atoms with E-state index in [4.69, 9.17) is 46.4 Å². The number of phenols is 2. The summed E-state index contributed by atoms with van der Waals surface area (Å²) in [4.78, 5) is 0.